The monoisotopic (exact) mass is 265 g/mol. The Kier molecular flexibility index (Phi) is 4.11. The third kappa shape index (κ3) is 4.36. The van der Waals surface area contributed by atoms with Gasteiger partial charge in [-0.3, -0.25) is 0 Å². The summed E-state index contributed by atoms with van der Waals surface area (Å²) < 4.78 is 0. The van der Waals surface area contributed by atoms with E-state index in [9.17, 15) is 4.79 Å². The van der Waals surface area contributed by atoms with E-state index in [0.717, 1.165) is 31.2 Å². The van der Waals surface area contributed by atoms with Crippen molar-refractivity contribution in [1.29, 1.82) is 0 Å². The first kappa shape index (κ1) is 11.4. The number of likely N-dealkylation sites (tertiary alicyclic amines) is 1. The Hall–Kier alpha value is 0.303. The maximum absolute atomic E-state index is 11.6. The summed E-state index contributed by atoms with van der Waals surface area (Å²) in [6, 6.07) is 0. The Balaban J connectivity index is 2.50. The van der Waals surface area contributed by atoms with Gasteiger partial charge in [0, 0.05) is 0 Å². The molecule has 4 heteroatoms. The van der Waals surface area contributed by atoms with Crippen molar-refractivity contribution in [2.75, 3.05) is 11.9 Å². The van der Waals surface area contributed by atoms with Crippen LogP contribution in [0.4, 0.5) is 0 Å². The summed E-state index contributed by atoms with van der Waals surface area (Å²) in [5.74, 6) is 4.59. The molecule has 0 atom stereocenters. The van der Waals surface area contributed by atoms with Crippen LogP contribution in [0.1, 0.15) is 25.7 Å². The number of carbonyl (C=O) groups excluding carboxylic acids is 1. The Bertz CT molecular complexity index is 191. The summed E-state index contributed by atoms with van der Waals surface area (Å²) in [4.78, 5) is 13.6. The number of nitrogens with zero attached hydrogens (tertiary/aromatic N) is 1. The standard InChI is InChI=1S/C9H18ClGeNO/c1-11(2,10)8-12-7-5-3-4-6-9(12)13/h3-8H2,1-2H3. The molecule has 0 aliphatic carbocycles. The van der Waals surface area contributed by atoms with Crippen molar-refractivity contribution in [3.8, 4) is 0 Å². The van der Waals surface area contributed by atoms with E-state index in [2.05, 4.69) is 11.5 Å². The van der Waals surface area contributed by atoms with Gasteiger partial charge < -0.3 is 0 Å². The molecule has 1 aliphatic heterocycles. The SMILES string of the molecule is [CH3][Ge]([CH3])([Cl])[CH2]N1CCCCCC1=O. The van der Waals surface area contributed by atoms with Crippen LogP contribution in [-0.2, 0) is 4.79 Å². The Morgan fingerprint density at radius 1 is 1.38 bits per heavy atom. The van der Waals surface area contributed by atoms with Crippen LogP contribution in [0, 0.1) is 0 Å². The van der Waals surface area contributed by atoms with Crippen LogP contribution in [0.5, 0.6) is 0 Å². The van der Waals surface area contributed by atoms with Crippen LogP contribution < -0.4 is 0 Å². The predicted molar refractivity (Wildman–Crippen MR) is 58.4 cm³/mol. The number of halogens is 1. The van der Waals surface area contributed by atoms with Gasteiger partial charge in [-0.2, -0.15) is 0 Å². The molecule has 1 amide bonds. The molecule has 1 aliphatic rings. The molecule has 0 saturated carbocycles. The molecule has 76 valence electrons. The topological polar surface area (TPSA) is 20.3 Å². The zero-order chi connectivity index (χ0) is 9.90. The molecule has 0 N–H and O–H groups in total. The summed E-state index contributed by atoms with van der Waals surface area (Å²) in [6.07, 6.45) is 4.14. The fourth-order valence-electron chi connectivity index (χ4n) is 1.66. The van der Waals surface area contributed by atoms with Crippen LogP contribution in [0.3, 0.4) is 0 Å². The van der Waals surface area contributed by atoms with Crippen molar-refractivity contribution in [1.82, 2.24) is 4.90 Å². The first-order valence-electron chi connectivity index (χ1n) is 4.96. The quantitative estimate of drug-likeness (QED) is 0.701. The molecule has 2 nitrogen and oxygen atoms in total. The van der Waals surface area contributed by atoms with E-state index >= 15 is 0 Å². The van der Waals surface area contributed by atoms with Gasteiger partial charge in [-0.1, -0.05) is 0 Å². The van der Waals surface area contributed by atoms with E-state index in [0.29, 0.717) is 5.91 Å². The van der Waals surface area contributed by atoms with Gasteiger partial charge in [0.25, 0.3) is 0 Å². The fraction of sp³-hybridized carbons (Fsp3) is 0.889. The Morgan fingerprint density at radius 2 is 2.08 bits per heavy atom. The summed E-state index contributed by atoms with van der Waals surface area (Å²) in [5, 5.41) is 0.861. The predicted octanol–water partition coefficient (Wildman–Crippen LogP) is 2.37. The molecular formula is C9H18ClGeNO. The first-order chi connectivity index (χ1) is 5.99. The van der Waals surface area contributed by atoms with Crippen LogP contribution >= 0.6 is 10.0 Å². The number of amides is 1. The van der Waals surface area contributed by atoms with Crippen LogP contribution in [0.2, 0.25) is 11.5 Å². The molecule has 0 radical (unpaired) electrons. The second-order valence-electron chi connectivity index (χ2n) is 4.34. The van der Waals surface area contributed by atoms with Crippen molar-refractivity contribution < 1.29 is 4.79 Å². The molecule has 0 aromatic rings. The van der Waals surface area contributed by atoms with Crippen molar-refractivity contribution >= 4 is 28.3 Å². The number of rotatable bonds is 2. The van der Waals surface area contributed by atoms with E-state index in [1.54, 1.807) is 0 Å². The van der Waals surface area contributed by atoms with E-state index < -0.39 is 12.3 Å². The average Bonchev–Trinajstić information content (AvgIpc) is 2.14. The molecule has 1 fully saturated rings. The van der Waals surface area contributed by atoms with E-state index in [1.807, 2.05) is 4.90 Å². The third-order valence-corrected chi connectivity index (χ3v) is 5.24. The van der Waals surface area contributed by atoms with Crippen LogP contribution in [0.25, 0.3) is 0 Å². The fourth-order valence-corrected chi connectivity index (χ4v) is 5.02. The molecule has 0 aromatic carbocycles. The summed E-state index contributed by atoms with van der Waals surface area (Å²) >= 11 is -2.10. The van der Waals surface area contributed by atoms with Gasteiger partial charge in [-0.05, 0) is 0 Å². The first-order valence-corrected chi connectivity index (χ1v) is 13.4. The van der Waals surface area contributed by atoms with Crippen molar-refractivity contribution in [2.45, 2.75) is 37.2 Å². The Labute approximate surface area is 87.2 Å². The average molecular weight is 264 g/mol. The third-order valence-electron chi connectivity index (χ3n) is 2.24. The Morgan fingerprint density at radius 3 is 2.69 bits per heavy atom. The summed E-state index contributed by atoms with van der Waals surface area (Å²) in [6.45, 7) is 0.931. The normalized spacial score (nSPS) is 20.2. The van der Waals surface area contributed by atoms with Crippen LogP contribution in [0.15, 0.2) is 0 Å². The molecule has 1 heterocycles. The summed E-state index contributed by atoms with van der Waals surface area (Å²) in [5.41, 5.74) is 0. The van der Waals surface area contributed by atoms with Gasteiger partial charge in [-0.25, -0.2) is 0 Å². The van der Waals surface area contributed by atoms with Gasteiger partial charge in [-0.15, -0.1) is 0 Å². The van der Waals surface area contributed by atoms with Crippen molar-refractivity contribution in [3.63, 3.8) is 0 Å². The molecule has 0 unspecified atom stereocenters. The molecule has 0 bridgehead atoms. The molecule has 1 rings (SSSR count). The van der Waals surface area contributed by atoms with Gasteiger partial charge in [0.05, 0.1) is 0 Å². The second-order valence-corrected chi connectivity index (χ2v) is 17.5. The molecular weight excluding hydrogens is 246 g/mol. The van der Waals surface area contributed by atoms with Gasteiger partial charge in [0.15, 0.2) is 0 Å². The van der Waals surface area contributed by atoms with E-state index in [4.69, 9.17) is 10.0 Å². The number of hydrogen-bond donors (Lipinski definition) is 0. The molecule has 1 saturated heterocycles. The summed E-state index contributed by atoms with van der Waals surface area (Å²) in [7, 11) is 6.28. The number of hydrogen-bond acceptors (Lipinski definition) is 1. The molecule has 13 heavy (non-hydrogen) atoms. The van der Waals surface area contributed by atoms with E-state index in [1.165, 1.54) is 6.42 Å². The zero-order valence-corrected chi connectivity index (χ0v) is 11.3. The van der Waals surface area contributed by atoms with Crippen molar-refractivity contribution in [3.05, 3.63) is 0 Å². The van der Waals surface area contributed by atoms with Gasteiger partial charge >= 0.3 is 87.1 Å². The second kappa shape index (κ2) is 4.69. The minimum absolute atomic E-state index is 0.317. The zero-order valence-electron chi connectivity index (χ0n) is 8.48. The molecule has 0 spiro atoms. The van der Waals surface area contributed by atoms with Crippen LogP contribution in [-0.4, -0.2) is 35.1 Å². The molecule has 0 aromatic heterocycles. The van der Waals surface area contributed by atoms with E-state index in [-0.39, 0.29) is 0 Å². The van der Waals surface area contributed by atoms with Gasteiger partial charge in [0.1, 0.15) is 0 Å². The maximum atomic E-state index is 11.6. The van der Waals surface area contributed by atoms with Crippen molar-refractivity contribution in [2.24, 2.45) is 0 Å². The minimum atomic E-state index is -2.10. The van der Waals surface area contributed by atoms with Gasteiger partial charge in [0.2, 0.25) is 0 Å². The number of carbonyl (C=O) groups is 1.